The van der Waals surface area contributed by atoms with E-state index in [4.69, 9.17) is 5.73 Å². The predicted molar refractivity (Wildman–Crippen MR) is 68.6 cm³/mol. The molecule has 0 fully saturated rings. The molecule has 5 heteroatoms. The Balaban J connectivity index is 3.00. The van der Waals surface area contributed by atoms with E-state index in [2.05, 4.69) is 0 Å². The Morgan fingerprint density at radius 3 is 2.39 bits per heavy atom. The summed E-state index contributed by atoms with van der Waals surface area (Å²) in [4.78, 5) is 1.63. The van der Waals surface area contributed by atoms with Crippen molar-refractivity contribution in [2.75, 3.05) is 24.2 Å². The number of benzene rings is 1. The molecule has 2 N–H and O–H groups in total. The molecule has 0 aromatic heterocycles. The summed E-state index contributed by atoms with van der Waals surface area (Å²) < 4.78 is 38.7. The number of hydrogen-bond donors (Lipinski definition) is 1. The molecule has 1 rings (SSSR count). The molecule has 1 aromatic carbocycles. The van der Waals surface area contributed by atoms with E-state index >= 15 is 0 Å². The summed E-state index contributed by atoms with van der Waals surface area (Å²) in [6.07, 6.45) is -3.53. The Morgan fingerprint density at radius 2 is 1.89 bits per heavy atom. The molecule has 102 valence electrons. The minimum atomic E-state index is -4.38. The maximum atomic E-state index is 12.9. The zero-order valence-electron chi connectivity index (χ0n) is 10.9. The van der Waals surface area contributed by atoms with Crippen LogP contribution in [0.2, 0.25) is 0 Å². The first-order chi connectivity index (χ1) is 8.21. The summed E-state index contributed by atoms with van der Waals surface area (Å²) in [5, 5.41) is 0. The van der Waals surface area contributed by atoms with Gasteiger partial charge in [0.25, 0.3) is 0 Å². The highest BCUT2D eigenvalue weighted by atomic mass is 19.4. The number of anilines is 2. The number of nitrogen functional groups attached to an aromatic ring is 1. The second-order valence-electron chi connectivity index (χ2n) is 4.88. The molecular formula is C13H19F3N2. The zero-order chi connectivity index (χ0) is 13.9. The van der Waals surface area contributed by atoms with Crippen molar-refractivity contribution in [3.8, 4) is 0 Å². The van der Waals surface area contributed by atoms with Gasteiger partial charge in [-0.2, -0.15) is 13.2 Å². The first kappa shape index (κ1) is 14.7. The van der Waals surface area contributed by atoms with Crippen molar-refractivity contribution >= 4 is 11.4 Å². The predicted octanol–water partition coefficient (Wildman–Crippen LogP) is 3.77. The fourth-order valence-electron chi connectivity index (χ4n) is 1.69. The molecule has 0 spiro atoms. The topological polar surface area (TPSA) is 29.3 Å². The van der Waals surface area contributed by atoms with Gasteiger partial charge in [-0.1, -0.05) is 13.8 Å². The number of halogens is 3. The third-order valence-corrected chi connectivity index (χ3v) is 2.78. The van der Waals surface area contributed by atoms with Crippen molar-refractivity contribution in [1.29, 1.82) is 0 Å². The van der Waals surface area contributed by atoms with E-state index in [-0.39, 0.29) is 11.4 Å². The van der Waals surface area contributed by atoms with Gasteiger partial charge in [0.05, 0.1) is 5.56 Å². The number of nitrogens with two attached hydrogens (primary N) is 1. The molecule has 0 amide bonds. The van der Waals surface area contributed by atoms with Crippen LogP contribution in [-0.2, 0) is 6.18 Å². The van der Waals surface area contributed by atoms with Crippen molar-refractivity contribution < 1.29 is 13.2 Å². The van der Waals surface area contributed by atoms with Crippen molar-refractivity contribution in [2.45, 2.75) is 26.4 Å². The highest BCUT2D eigenvalue weighted by Gasteiger charge is 2.34. The van der Waals surface area contributed by atoms with Crippen LogP contribution in [0.1, 0.15) is 25.8 Å². The van der Waals surface area contributed by atoms with E-state index in [9.17, 15) is 13.2 Å². The number of alkyl halides is 3. The van der Waals surface area contributed by atoms with Crippen LogP contribution >= 0.6 is 0 Å². The lowest BCUT2D eigenvalue weighted by atomic mass is 10.1. The molecule has 0 unspecified atom stereocenters. The quantitative estimate of drug-likeness (QED) is 0.835. The van der Waals surface area contributed by atoms with Crippen LogP contribution in [-0.4, -0.2) is 13.6 Å². The van der Waals surface area contributed by atoms with Crippen LogP contribution in [0.3, 0.4) is 0 Å². The lowest BCUT2D eigenvalue weighted by Crippen LogP contribution is -2.23. The molecule has 0 saturated heterocycles. The van der Waals surface area contributed by atoms with Gasteiger partial charge in [-0.3, -0.25) is 0 Å². The fraction of sp³-hybridized carbons (Fsp3) is 0.538. The van der Waals surface area contributed by atoms with Crippen molar-refractivity contribution in [3.05, 3.63) is 23.8 Å². The van der Waals surface area contributed by atoms with Gasteiger partial charge in [0.1, 0.15) is 0 Å². The number of hydrogen-bond acceptors (Lipinski definition) is 2. The number of rotatable bonds is 4. The summed E-state index contributed by atoms with van der Waals surface area (Å²) in [5.41, 5.74) is 5.06. The van der Waals surface area contributed by atoms with Crippen LogP contribution in [0.15, 0.2) is 18.2 Å². The molecule has 18 heavy (non-hydrogen) atoms. The summed E-state index contributed by atoms with van der Waals surface area (Å²) in [6.45, 7) is 4.67. The highest BCUT2D eigenvalue weighted by Crippen LogP contribution is 2.37. The Bertz CT molecular complexity index is 400. The molecule has 0 atom stereocenters. The van der Waals surface area contributed by atoms with E-state index in [0.29, 0.717) is 12.5 Å². The van der Waals surface area contributed by atoms with Crippen molar-refractivity contribution in [2.24, 2.45) is 5.92 Å². The minimum Gasteiger partial charge on any atom is -0.399 e. The third-order valence-electron chi connectivity index (χ3n) is 2.78. The van der Waals surface area contributed by atoms with Crippen molar-refractivity contribution in [3.63, 3.8) is 0 Å². The first-order valence-electron chi connectivity index (χ1n) is 5.89. The van der Waals surface area contributed by atoms with E-state index in [1.54, 1.807) is 11.9 Å². The van der Waals surface area contributed by atoms with Gasteiger partial charge in [-0.25, -0.2) is 0 Å². The average molecular weight is 260 g/mol. The number of nitrogens with zero attached hydrogens (tertiary/aromatic N) is 1. The van der Waals surface area contributed by atoms with E-state index in [1.165, 1.54) is 12.1 Å². The summed E-state index contributed by atoms with van der Waals surface area (Å²) in [7, 11) is 1.67. The Morgan fingerprint density at radius 1 is 1.28 bits per heavy atom. The molecule has 2 nitrogen and oxygen atoms in total. The smallest absolute Gasteiger partial charge is 0.399 e. The molecular weight excluding hydrogens is 241 g/mol. The SMILES string of the molecule is CC(C)CCN(C)c1ccc(N)cc1C(F)(F)F. The maximum absolute atomic E-state index is 12.9. The van der Waals surface area contributed by atoms with Gasteiger partial charge >= 0.3 is 6.18 Å². The lowest BCUT2D eigenvalue weighted by Gasteiger charge is -2.24. The Hall–Kier alpha value is -1.39. The van der Waals surface area contributed by atoms with Gasteiger partial charge < -0.3 is 10.6 Å². The summed E-state index contributed by atoms with van der Waals surface area (Å²) in [6, 6.07) is 3.91. The molecule has 0 radical (unpaired) electrons. The maximum Gasteiger partial charge on any atom is 0.418 e. The fourth-order valence-corrected chi connectivity index (χ4v) is 1.69. The van der Waals surface area contributed by atoms with E-state index < -0.39 is 11.7 Å². The first-order valence-corrected chi connectivity index (χ1v) is 5.89. The molecule has 1 aromatic rings. The largest absolute Gasteiger partial charge is 0.418 e. The normalized spacial score (nSPS) is 11.9. The molecule has 0 aliphatic rings. The molecule has 0 bridgehead atoms. The third kappa shape index (κ3) is 3.82. The lowest BCUT2D eigenvalue weighted by molar-refractivity contribution is -0.137. The summed E-state index contributed by atoms with van der Waals surface area (Å²) in [5.74, 6) is 0.454. The van der Waals surface area contributed by atoms with Crippen molar-refractivity contribution in [1.82, 2.24) is 0 Å². The van der Waals surface area contributed by atoms with Gasteiger partial charge in [-0.05, 0) is 30.5 Å². The van der Waals surface area contributed by atoms with Crippen LogP contribution in [0.5, 0.6) is 0 Å². The Labute approximate surface area is 106 Å². The van der Waals surface area contributed by atoms with Crippen LogP contribution in [0, 0.1) is 5.92 Å². The monoisotopic (exact) mass is 260 g/mol. The molecule has 0 aliphatic carbocycles. The van der Waals surface area contributed by atoms with Crippen LogP contribution in [0.4, 0.5) is 24.5 Å². The van der Waals surface area contributed by atoms with Gasteiger partial charge in [0, 0.05) is 25.0 Å². The van der Waals surface area contributed by atoms with Crippen LogP contribution in [0.25, 0.3) is 0 Å². The van der Waals surface area contributed by atoms with Gasteiger partial charge in [0.2, 0.25) is 0 Å². The second kappa shape index (κ2) is 5.50. The molecule has 0 heterocycles. The van der Waals surface area contributed by atoms with Gasteiger partial charge in [0.15, 0.2) is 0 Å². The minimum absolute atomic E-state index is 0.128. The standard InChI is InChI=1S/C13H19F3N2/c1-9(2)6-7-18(3)12-5-4-10(17)8-11(12)13(14,15)16/h4-5,8-9H,6-7,17H2,1-3H3. The highest BCUT2D eigenvalue weighted by molar-refractivity contribution is 5.60. The van der Waals surface area contributed by atoms with E-state index in [1.807, 2.05) is 13.8 Å². The zero-order valence-corrected chi connectivity index (χ0v) is 10.9. The molecule has 0 saturated carbocycles. The Kier molecular flexibility index (Phi) is 4.48. The average Bonchev–Trinajstić information content (AvgIpc) is 2.24. The van der Waals surface area contributed by atoms with Gasteiger partial charge in [-0.15, -0.1) is 0 Å². The second-order valence-corrected chi connectivity index (χ2v) is 4.88. The molecule has 0 aliphatic heterocycles. The summed E-state index contributed by atoms with van der Waals surface area (Å²) >= 11 is 0. The van der Waals surface area contributed by atoms with E-state index in [0.717, 1.165) is 12.5 Å². The van der Waals surface area contributed by atoms with Crippen LogP contribution < -0.4 is 10.6 Å².